The molecule has 3 aliphatic heterocycles. The highest BCUT2D eigenvalue weighted by atomic mass is 16.6. The first-order valence-electron chi connectivity index (χ1n) is 7.53. The molecule has 0 aromatic rings. The first kappa shape index (κ1) is 14.3. The molecule has 2 N–H and O–H groups in total. The highest BCUT2D eigenvalue weighted by Gasteiger charge is 2.57. The number of rotatable bonds is 0. The Morgan fingerprint density at radius 3 is 2.65 bits per heavy atom. The lowest BCUT2D eigenvalue weighted by Crippen LogP contribution is -2.49. The Bertz CT molecular complexity index is 420. The van der Waals surface area contributed by atoms with E-state index in [1.54, 1.807) is 6.92 Å². The normalized spacial score (nSPS) is 55.6. The number of hydrogen-bond donors (Lipinski definition) is 2. The van der Waals surface area contributed by atoms with Crippen LogP contribution >= 0.6 is 0 Å². The summed E-state index contributed by atoms with van der Waals surface area (Å²) in [6, 6.07) is 0. The second-order valence-corrected chi connectivity index (χ2v) is 7.15. The number of esters is 1. The molecule has 0 aromatic heterocycles. The van der Waals surface area contributed by atoms with Crippen molar-refractivity contribution in [2.75, 3.05) is 0 Å². The van der Waals surface area contributed by atoms with Crippen molar-refractivity contribution in [3.8, 4) is 0 Å². The molecule has 5 heteroatoms. The zero-order valence-corrected chi connectivity index (χ0v) is 12.3. The van der Waals surface area contributed by atoms with Crippen LogP contribution < -0.4 is 0 Å². The summed E-state index contributed by atoms with van der Waals surface area (Å²) in [7, 11) is 0. The van der Waals surface area contributed by atoms with Gasteiger partial charge in [0.1, 0.15) is 12.2 Å². The first-order valence-corrected chi connectivity index (χ1v) is 7.53. The third-order valence-electron chi connectivity index (χ3n) is 5.62. The van der Waals surface area contributed by atoms with Gasteiger partial charge in [-0.1, -0.05) is 6.92 Å². The summed E-state index contributed by atoms with van der Waals surface area (Å²) in [6.45, 7) is 5.49. The maximum Gasteiger partial charge on any atom is 0.309 e. The molecule has 5 nitrogen and oxygen atoms in total. The Morgan fingerprint density at radius 2 is 1.95 bits per heavy atom. The number of carbonyl (C=O) groups is 1. The third-order valence-corrected chi connectivity index (χ3v) is 5.62. The van der Waals surface area contributed by atoms with Crippen molar-refractivity contribution in [2.24, 2.45) is 11.8 Å². The molecule has 0 saturated carbocycles. The van der Waals surface area contributed by atoms with Crippen LogP contribution in [-0.2, 0) is 14.3 Å². The first-order chi connectivity index (χ1) is 9.24. The molecule has 3 aliphatic rings. The van der Waals surface area contributed by atoms with Gasteiger partial charge in [-0.05, 0) is 39.5 Å². The molecule has 0 amide bonds. The lowest BCUT2D eigenvalue weighted by Gasteiger charge is -2.35. The molecule has 0 unspecified atom stereocenters. The summed E-state index contributed by atoms with van der Waals surface area (Å²) in [5.41, 5.74) is -1.66. The molecule has 3 saturated heterocycles. The van der Waals surface area contributed by atoms with E-state index < -0.39 is 23.4 Å². The molecule has 3 heterocycles. The average Bonchev–Trinajstić information content (AvgIpc) is 2.91. The maximum absolute atomic E-state index is 11.8. The van der Waals surface area contributed by atoms with Gasteiger partial charge in [0.05, 0.1) is 23.2 Å². The maximum atomic E-state index is 11.8. The molecule has 3 rings (SSSR count). The van der Waals surface area contributed by atoms with Crippen LogP contribution in [0.1, 0.15) is 46.5 Å². The minimum atomic E-state index is -0.919. The molecule has 0 aromatic carbocycles. The van der Waals surface area contributed by atoms with E-state index in [1.807, 2.05) is 13.8 Å². The lowest BCUT2D eigenvalue weighted by molar-refractivity contribution is -0.181. The van der Waals surface area contributed by atoms with Crippen molar-refractivity contribution in [1.29, 1.82) is 0 Å². The van der Waals surface area contributed by atoms with E-state index in [4.69, 9.17) is 9.47 Å². The predicted octanol–water partition coefficient (Wildman–Crippen LogP) is 1.01. The fraction of sp³-hybridized carbons (Fsp3) is 0.933. The minimum Gasteiger partial charge on any atom is -0.459 e. The number of hydrogen-bond acceptors (Lipinski definition) is 5. The van der Waals surface area contributed by atoms with Crippen molar-refractivity contribution >= 4 is 5.97 Å². The van der Waals surface area contributed by atoms with Crippen LogP contribution in [0.4, 0.5) is 0 Å². The summed E-state index contributed by atoms with van der Waals surface area (Å²) in [4.78, 5) is 11.8. The second kappa shape index (κ2) is 4.42. The highest BCUT2D eigenvalue weighted by molar-refractivity contribution is 5.75. The second-order valence-electron chi connectivity index (χ2n) is 7.15. The van der Waals surface area contributed by atoms with E-state index in [0.29, 0.717) is 19.3 Å². The predicted molar refractivity (Wildman–Crippen MR) is 70.9 cm³/mol. The number of fused-ring (bicyclic) bond motifs is 3. The quantitative estimate of drug-likeness (QED) is 0.649. The number of aliphatic hydroxyl groups excluding tert-OH is 1. The zero-order valence-electron chi connectivity index (χ0n) is 12.3. The van der Waals surface area contributed by atoms with Gasteiger partial charge in [-0.15, -0.1) is 0 Å². The van der Waals surface area contributed by atoms with E-state index in [1.165, 1.54) is 0 Å². The number of ether oxygens (including phenoxy) is 2. The molecule has 3 fully saturated rings. The van der Waals surface area contributed by atoms with E-state index >= 15 is 0 Å². The summed E-state index contributed by atoms with van der Waals surface area (Å²) in [6.07, 6.45) is 1.01. The number of carbonyl (C=O) groups excluding carboxylic acids is 1. The van der Waals surface area contributed by atoms with Crippen LogP contribution in [0.3, 0.4) is 0 Å². The van der Waals surface area contributed by atoms with Crippen molar-refractivity contribution in [3.05, 3.63) is 0 Å². The molecule has 114 valence electrons. The van der Waals surface area contributed by atoms with Crippen LogP contribution in [0.25, 0.3) is 0 Å². The monoisotopic (exact) mass is 284 g/mol. The Labute approximate surface area is 119 Å². The van der Waals surface area contributed by atoms with Gasteiger partial charge in [0, 0.05) is 5.92 Å². The summed E-state index contributed by atoms with van der Waals surface area (Å²) in [5, 5.41) is 21.3. The van der Waals surface area contributed by atoms with Gasteiger partial charge >= 0.3 is 5.97 Å². The van der Waals surface area contributed by atoms with Gasteiger partial charge in [0.2, 0.25) is 0 Å². The SMILES string of the molecule is C[C@@H]1C(=O)O[C@H]2[C@H]1CC[C@@](C)(O)[C@@H]1CC[C@@](C)(O1)[C@@H]2O. The zero-order chi connectivity index (χ0) is 14.7. The largest absolute Gasteiger partial charge is 0.459 e. The molecule has 0 spiro atoms. The van der Waals surface area contributed by atoms with Crippen LogP contribution in [0.15, 0.2) is 0 Å². The summed E-state index contributed by atoms with van der Waals surface area (Å²) in [5.74, 6) is -0.535. The fourth-order valence-corrected chi connectivity index (χ4v) is 3.98. The van der Waals surface area contributed by atoms with Gasteiger partial charge in [0.15, 0.2) is 0 Å². The van der Waals surface area contributed by atoms with Gasteiger partial charge in [-0.2, -0.15) is 0 Å². The summed E-state index contributed by atoms with van der Waals surface area (Å²) >= 11 is 0. The van der Waals surface area contributed by atoms with Crippen molar-refractivity contribution in [1.82, 2.24) is 0 Å². The minimum absolute atomic E-state index is 0.0521. The Morgan fingerprint density at radius 1 is 1.25 bits per heavy atom. The van der Waals surface area contributed by atoms with Crippen LogP contribution in [-0.4, -0.2) is 45.7 Å². The Balaban J connectivity index is 1.96. The molecule has 20 heavy (non-hydrogen) atoms. The topological polar surface area (TPSA) is 76.0 Å². The standard InChI is InChI=1S/C15H24O5/c1-8-9-4-6-14(2,18)10-5-7-15(3,20-10)12(16)11(9)19-13(8)17/h8-12,16,18H,4-7H2,1-3H3/t8-,9-,10-,11-,12+,14+,15+/m0/s1. The number of aliphatic hydroxyl groups is 2. The van der Waals surface area contributed by atoms with Crippen LogP contribution in [0.5, 0.6) is 0 Å². The van der Waals surface area contributed by atoms with Gasteiger partial charge in [0.25, 0.3) is 0 Å². The summed E-state index contributed by atoms with van der Waals surface area (Å²) < 4.78 is 11.4. The van der Waals surface area contributed by atoms with Crippen molar-refractivity contribution in [2.45, 2.75) is 76.0 Å². The van der Waals surface area contributed by atoms with Gasteiger partial charge in [-0.25, -0.2) is 0 Å². The molecular weight excluding hydrogens is 260 g/mol. The molecule has 2 bridgehead atoms. The highest BCUT2D eigenvalue weighted by Crippen LogP contribution is 2.46. The smallest absolute Gasteiger partial charge is 0.309 e. The molecule has 7 atom stereocenters. The molecule has 0 radical (unpaired) electrons. The van der Waals surface area contributed by atoms with Crippen molar-refractivity contribution in [3.63, 3.8) is 0 Å². The van der Waals surface area contributed by atoms with E-state index in [9.17, 15) is 15.0 Å². The molecule has 0 aliphatic carbocycles. The average molecular weight is 284 g/mol. The van der Waals surface area contributed by atoms with Gasteiger partial charge in [-0.3, -0.25) is 4.79 Å². The van der Waals surface area contributed by atoms with Crippen molar-refractivity contribution < 1.29 is 24.5 Å². The Hall–Kier alpha value is -0.650. The van der Waals surface area contributed by atoms with E-state index in [-0.39, 0.29) is 23.9 Å². The van der Waals surface area contributed by atoms with E-state index in [0.717, 1.165) is 6.42 Å². The fourth-order valence-electron chi connectivity index (χ4n) is 3.98. The molecular formula is C15H24O5. The Kier molecular flexibility index (Phi) is 3.16. The lowest BCUT2D eigenvalue weighted by atomic mass is 9.77. The van der Waals surface area contributed by atoms with Crippen LogP contribution in [0, 0.1) is 11.8 Å². The van der Waals surface area contributed by atoms with E-state index in [2.05, 4.69) is 0 Å². The van der Waals surface area contributed by atoms with Gasteiger partial charge < -0.3 is 19.7 Å². The van der Waals surface area contributed by atoms with Crippen LogP contribution in [0.2, 0.25) is 0 Å². The third kappa shape index (κ3) is 1.98.